The Bertz CT molecular complexity index is 316. The van der Waals surface area contributed by atoms with Crippen molar-refractivity contribution in [3.8, 4) is 0 Å². The molecule has 0 radical (unpaired) electrons. The van der Waals surface area contributed by atoms with E-state index in [4.69, 9.17) is 0 Å². The van der Waals surface area contributed by atoms with Crippen LogP contribution in [0.15, 0.2) is 35.6 Å². The first kappa shape index (κ1) is 12.8. The third-order valence-corrected chi connectivity index (χ3v) is 1.98. The van der Waals surface area contributed by atoms with E-state index in [-0.39, 0.29) is 5.76 Å². The zero-order valence-electron chi connectivity index (χ0n) is 8.97. The SMILES string of the molecule is CCNCC1=CC=C(OC(F)(F)F)C=CC1. The fraction of sp³-hybridized carbons (Fsp3) is 0.455. The van der Waals surface area contributed by atoms with Crippen molar-refractivity contribution in [2.45, 2.75) is 19.7 Å². The first-order valence-corrected chi connectivity index (χ1v) is 5.04. The third kappa shape index (κ3) is 5.02. The Morgan fingerprint density at radius 2 is 2.12 bits per heavy atom. The summed E-state index contributed by atoms with van der Waals surface area (Å²) in [7, 11) is 0. The van der Waals surface area contributed by atoms with Crippen LogP contribution in [0.5, 0.6) is 0 Å². The van der Waals surface area contributed by atoms with Gasteiger partial charge in [0.1, 0.15) is 5.76 Å². The molecule has 90 valence electrons. The second-order valence-corrected chi connectivity index (χ2v) is 3.33. The number of rotatable bonds is 4. The molecule has 0 amide bonds. The highest BCUT2D eigenvalue weighted by atomic mass is 19.4. The molecule has 0 saturated carbocycles. The second-order valence-electron chi connectivity index (χ2n) is 3.33. The van der Waals surface area contributed by atoms with Gasteiger partial charge in [-0.25, -0.2) is 0 Å². The lowest BCUT2D eigenvalue weighted by Gasteiger charge is -2.08. The highest BCUT2D eigenvalue weighted by Gasteiger charge is 2.31. The van der Waals surface area contributed by atoms with Crippen LogP contribution in [0.25, 0.3) is 0 Å². The van der Waals surface area contributed by atoms with Gasteiger partial charge in [0.2, 0.25) is 0 Å². The van der Waals surface area contributed by atoms with Crippen LogP contribution in [0.4, 0.5) is 13.2 Å². The van der Waals surface area contributed by atoms with E-state index in [1.54, 1.807) is 12.2 Å². The summed E-state index contributed by atoms with van der Waals surface area (Å²) in [6.07, 6.45) is 1.99. The maximum atomic E-state index is 11.9. The number of allylic oxidation sites excluding steroid dienone is 4. The lowest BCUT2D eigenvalue weighted by atomic mass is 10.2. The van der Waals surface area contributed by atoms with Gasteiger partial charge in [0.05, 0.1) is 0 Å². The molecule has 0 unspecified atom stereocenters. The van der Waals surface area contributed by atoms with Gasteiger partial charge in [0.15, 0.2) is 0 Å². The molecule has 0 atom stereocenters. The number of nitrogens with one attached hydrogen (secondary N) is 1. The Hall–Kier alpha value is -1.23. The highest BCUT2D eigenvalue weighted by molar-refractivity contribution is 5.28. The molecule has 1 aliphatic carbocycles. The van der Waals surface area contributed by atoms with Crippen molar-refractivity contribution in [3.05, 3.63) is 35.6 Å². The summed E-state index contributed by atoms with van der Waals surface area (Å²) >= 11 is 0. The minimum Gasteiger partial charge on any atom is -0.406 e. The molecule has 0 bridgehead atoms. The molecule has 0 heterocycles. The van der Waals surface area contributed by atoms with Gasteiger partial charge < -0.3 is 10.1 Å². The predicted octanol–water partition coefficient (Wildman–Crippen LogP) is 2.90. The molecule has 2 nitrogen and oxygen atoms in total. The second kappa shape index (κ2) is 5.75. The fourth-order valence-electron chi connectivity index (χ4n) is 1.27. The lowest BCUT2D eigenvalue weighted by molar-refractivity contribution is -0.303. The Kier molecular flexibility index (Phi) is 4.61. The van der Waals surface area contributed by atoms with E-state index in [0.29, 0.717) is 13.0 Å². The number of ether oxygens (including phenoxy) is 1. The maximum Gasteiger partial charge on any atom is 0.573 e. The third-order valence-electron chi connectivity index (χ3n) is 1.98. The van der Waals surface area contributed by atoms with Gasteiger partial charge in [-0.1, -0.05) is 24.6 Å². The van der Waals surface area contributed by atoms with E-state index in [2.05, 4.69) is 10.1 Å². The van der Waals surface area contributed by atoms with Gasteiger partial charge in [-0.3, -0.25) is 0 Å². The van der Waals surface area contributed by atoms with E-state index < -0.39 is 6.36 Å². The van der Waals surface area contributed by atoms with Crippen molar-refractivity contribution >= 4 is 0 Å². The standard InChI is InChI=1S/C11H14F3NO/c1-2-15-8-9-4-3-5-10(7-6-9)16-11(12,13)14/h3,5-7,15H,2,4,8H2,1H3. The van der Waals surface area contributed by atoms with Crippen molar-refractivity contribution in [1.29, 1.82) is 0 Å². The van der Waals surface area contributed by atoms with Crippen LogP contribution in [0, 0.1) is 0 Å². The highest BCUT2D eigenvalue weighted by Crippen LogP contribution is 2.23. The molecule has 1 N–H and O–H groups in total. The van der Waals surface area contributed by atoms with Crippen LogP contribution in [-0.2, 0) is 4.74 Å². The Morgan fingerprint density at radius 3 is 2.75 bits per heavy atom. The minimum absolute atomic E-state index is 0.181. The monoisotopic (exact) mass is 233 g/mol. The van der Waals surface area contributed by atoms with E-state index >= 15 is 0 Å². The van der Waals surface area contributed by atoms with Crippen LogP contribution in [0.1, 0.15) is 13.3 Å². The van der Waals surface area contributed by atoms with E-state index in [9.17, 15) is 13.2 Å². The number of halogens is 3. The zero-order chi connectivity index (χ0) is 12.0. The van der Waals surface area contributed by atoms with E-state index in [1.807, 2.05) is 6.92 Å². The van der Waals surface area contributed by atoms with Crippen LogP contribution in [-0.4, -0.2) is 19.5 Å². The Morgan fingerprint density at radius 1 is 1.38 bits per heavy atom. The molecule has 16 heavy (non-hydrogen) atoms. The predicted molar refractivity (Wildman–Crippen MR) is 55.6 cm³/mol. The summed E-state index contributed by atoms with van der Waals surface area (Å²) in [6, 6.07) is 0. The summed E-state index contributed by atoms with van der Waals surface area (Å²) in [4.78, 5) is 0. The van der Waals surface area contributed by atoms with Gasteiger partial charge in [0.25, 0.3) is 0 Å². The topological polar surface area (TPSA) is 21.3 Å². The number of hydrogen-bond donors (Lipinski definition) is 1. The van der Waals surface area contributed by atoms with Crippen molar-refractivity contribution in [2.75, 3.05) is 13.1 Å². The first-order valence-electron chi connectivity index (χ1n) is 5.04. The largest absolute Gasteiger partial charge is 0.573 e. The van der Waals surface area contributed by atoms with Gasteiger partial charge in [0, 0.05) is 6.54 Å². The molecule has 0 fully saturated rings. The van der Waals surface area contributed by atoms with Gasteiger partial charge in [-0.05, 0) is 25.1 Å². The number of alkyl halides is 3. The Labute approximate surface area is 92.5 Å². The fourth-order valence-corrected chi connectivity index (χ4v) is 1.27. The Balaban J connectivity index is 2.61. The molecule has 0 spiro atoms. The molecule has 0 aromatic carbocycles. The van der Waals surface area contributed by atoms with Crippen molar-refractivity contribution in [1.82, 2.24) is 5.32 Å². The molecule has 0 aromatic heterocycles. The smallest absolute Gasteiger partial charge is 0.406 e. The molecule has 1 aliphatic rings. The molecular weight excluding hydrogens is 219 g/mol. The maximum absolute atomic E-state index is 11.9. The average molecular weight is 233 g/mol. The van der Waals surface area contributed by atoms with Crippen LogP contribution >= 0.6 is 0 Å². The molecule has 0 saturated heterocycles. The van der Waals surface area contributed by atoms with Gasteiger partial charge in [-0.15, -0.1) is 13.2 Å². The normalized spacial score (nSPS) is 16.5. The van der Waals surface area contributed by atoms with Gasteiger partial charge in [-0.2, -0.15) is 0 Å². The molecule has 0 aromatic rings. The van der Waals surface area contributed by atoms with Crippen molar-refractivity contribution < 1.29 is 17.9 Å². The lowest BCUT2D eigenvalue weighted by Crippen LogP contribution is -2.15. The first-order chi connectivity index (χ1) is 7.51. The van der Waals surface area contributed by atoms with E-state index in [1.165, 1.54) is 12.2 Å². The minimum atomic E-state index is -4.63. The summed E-state index contributed by atoms with van der Waals surface area (Å²) in [5, 5.41) is 3.11. The van der Waals surface area contributed by atoms with Crippen LogP contribution in [0.3, 0.4) is 0 Å². The average Bonchev–Trinajstić information content (AvgIpc) is 2.38. The van der Waals surface area contributed by atoms with Gasteiger partial charge >= 0.3 is 6.36 Å². The van der Waals surface area contributed by atoms with E-state index in [0.717, 1.165) is 12.1 Å². The number of hydrogen-bond acceptors (Lipinski definition) is 2. The van der Waals surface area contributed by atoms with Crippen molar-refractivity contribution in [3.63, 3.8) is 0 Å². The van der Waals surface area contributed by atoms with Crippen LogP contribution < -0.4 is 5.32 Å². The number of likely N-dealkylation sites (N-methyl/N-ethyl adjacent to an activating group) is 1. The summed E-state index contributed by atoms with van der Waals surface area (Å²) in [6.45, 7) is 3.48. The van der Waals surface area contributed by atoms with Crippen molar-refractivity contribution in [2.24, 2.45) is 0 Å². The summed E-state index contributed by atoms with van der Waals surface area (Å²) in [5.41, 5.74) is 1.03. The molecule has 0 aliphatic heterocycles. The quantitative estimate of drug-likeness (QED) is 0.806. The summed E-state index contributed by atoms with van der Waals surface area (Å²) in [5.74, 6) is -0.181. The molecular formula is C11H14F3NO. The van der Waals surface area contributed by atoms with Crippen LogP contribution in [0.2, 0.25) is 0 Å². The summed E-state index contributed by atoms with van der Waals surface area (Å²) < 4.78 is 39.6. The molecule has 5 heteroatoms. The zero-order valence-corrected chi connectivity index (χ0v) is 8.97. The molecule has 1 rings (SSSR count).